The van der Waals surface area contributed by atoms with E-state index in [2.05, 4.69) is 5.32 Å². The van der Waals surface area contributed by atoms with Crippen LogP contribution in [0.2, 0.25) is 0 Å². The second-order valence-electron chi connectivity index (χ2n) is 5.15. The SMILES string of the molecule is CCCS(=O)(=O)N1CCC2(CCNCC2)C1.Cl. The molecular formula is C11H23ClN2O2S. The minimum Gasteiger partial charge on any atom is -0.317 e. The predicted octanol–water partition coefficient (Wildman–Crippen LogP) is 1.22. The van der Waals surface area contributed by atoms with E-state index >= 15 is 0 Å². The molecule has 0 saturated carbocycles. The summed E-state index contributed by atoms with van der Waals surface area (Å²) < 4.78 is 25.7. The Morgan fingerprint density at radius 2 is 1.88 bits per heavy atom. The van der Waals surface area contributed by atoms with Crippen LogP contribution in [0.5, 0.6) is 0 Å². The number of nitrogens with zero attached hydrogens (tertiary/aromatic N) is 1. The summed E-state index contributed by atoms with van der Waals surface area (Å²) in [6.07, 6.45) is 4.03. The zero-order valence-corrected chi connectivity index (χ0v) is 12.1. The maximum atomic E-state index is 12.0. The molecular weight excluding hydrogens is 260 g/mol. The molecule has 0 radical (unpaired) electrons. The van der Waals surface area contributed by atoms with Gasteiger partial charge in [0.25, 0.3) is 0 Å². The molecule has 2 aliphatic heterocycles. The fraction of sp³-hybridized carbons (Fsp3) is 1.00. The van der Waals surface area contributed by atoms with Crippen molar-refractivity contribution in [3.05, 3.63) is 0 Å². The van der Waals surface area contributed by atoms with E-state index in [9.17, 15) is 8.42 Å². The molecule has 0 unspecified atom stereocenters. The van der Waals surface area contributed by atoms with Crippen molar-refractivity contribution in [1.82, 2.24) is 9.62 Å². The highest BCUT2D eigenvalue weighted by molar-refractivity contribution is 7.89. The summed E-state index contributed by atoms with van der Waals surface area (Å²) >= 11 is 0. The Morgan fingerprint density at radius 3 is 2.47 bits per heavy atom. The van der Waals surface area contributed by atoms with Gasteiger partial charge >= 0.3 is 0 Å². The van der Waals surface area contributed by atoms with Gasteiger partial charge in [0.2, 0.25) is 10.0 Å². The smallest absolute Gasteiger partial charge is 0.214 e. The molecule has 0 aromatic carbocycles. The number of nitrogens with one attached hydrogen (secondary N) is 1. The minimum atomic E-state index is -2.97. The average molecular weight is 283 g/mol. The molecule has 2 rings (SSSR count). The maximum Gasteiger partial charge on any atom is 0.214 e. The number of piperidine rings is 1. The number of hydrogen-bond acceptors (Lipinski definition) is 3. The van der Waals surface area contributed by atoms with Crippen LogP contribution in [0.15, 0.2) is 0 Å². The van der Waals surface area contributed by atoms with Crippen LogP contribution >= 0.6 is 12.4 Å². The van der Waals surface area contributed by atoms with Gasteiger partial charge in [-0.15, -0.1) is 12.4 Å². The van der Waals surface area contributed by atoms with E-state index in [0.717, 1.165) is 45.4 Å². The third-order valence-electron chi connectivity index (χ3n) is 3.92. The van der Waals surface area contributed by atoms with Crippen molar-refractivity contribution < 1.29 is 8.42 Å². The Hall–Kier alpha value is 0.160. The lowest BCUT2D eigenvalue weighted by Crippen LogP contribution is -2.40. The zero-order valence-electron chi connectivity index (χ0n) is 10.4. The van der Waals surface area contributed by atoms with E-state index in [1.165, 1.54) is 0 Å². The molecule has 0 atom stereocenters. The van der Waals surface area contributed by atoms with Crippen molar-refractivity contribution in [1.29, 1.82) is 0 Å². The molecule has 0 bridgehead atoms. The first-order valence-corrected chi connectivity index (χ1v) is 7.87. The van der Waals surface area contributed by atoms with Crippen LogP contribution in [0.3, 0.4) is 0 Å². The fourth-order valence-corrected chi connectivity index (χ4v) is 4.50. The first-order chi connectivity index (χ1) is 7.58. The van der Waals surface area contributed by atoms with Crippen LogP contribution in [0.1, 0.15) is 32.6 Å². The van der Waals surface area contributed by atoms with Crippen LogP contribution in [0.4, 0.5) is 0 Å². The number of sulfonamides is 1. The molecule has 2 aliphatic rings. The van der Waals surface area contributed by atoms with Gasteiger partial charge in [0.05, 0.1) is 5.75 Å². The quantitative estimate of drug-likeness (QED) is 0.847. The Balaban J connectivity index is 0.00000144. The van der Waals surface area contributed by atoms with Gasteiger partial charge in [-0.3, -0.25) is 0 Å². The Bertz CT molecular complexity index is 339. The van der Waals surface area contributed by atoms with E-state index < -0.39 is 10.0 Å². The topological polar surface area (TPSA) is 49.4 Å². The molecule has 0 aromatic heterocycles. The van der Waals surface area contributed by atoms with Gasteiger partial charge in [0.15, 0.2) is 0 Å². The van der Waals surface area contributed by atoms with Crippen LogP contribution in [0.25, 0.3) is 0 Å². The van der Waals surface area contributed by atoms with Gasteiger partial charge in [0, 0.05) is 13.1 Å². The molecule has 0 aromatic rings. The summed E-state index contributed by atoms with van der Waals surface area (Å²) in [5, 5.41) is 3.35. The molecule has 4 nitrogen and oxygen atoms in total. The third kappa shape index (κ3) is 3.34. The van der Waals surface area contributed by atoms with Crippen LogP contribution in [-0.4, -0.2) is 44.7 Å². The van der Waals surface area contributed by atoms with Crippen molar-refractivity contribution in [2.75, 3.05) is 31.9 Å². The summed E-state index contributed by atoms with van der Waals surface area (Å²) in [4.78, 5) is 0. The van der Waals surface area contributed by atoms with Crippen LogP contribution < -0.4 is 5.32 Å². The molecule has 17 heavy (non-hydrogen) atoms. The third-order valence-corrected chi connectivity index (χ3v) is 5.95. The van der Waals surface area contributed by atoms with E-state index in [0.29, 0.717) is 12.2 Å². The van der Waals surface area contributed by atoms with E-state index in [1.807, 2.05) is 6.92 Å². The van der Waals surface area contributed by atoms with Gasteiger partial charge in [-0.1, -0.05) is 6.92 Å². The molecule has 102 valence electrons. The summed E-state index contributed by atoms with van der Waals surface area (Å²) in [6.45, 7) is 5.51. The standard InChI is InChI=1S/C11H22N2O2S.ClH/c1-2-9-16(14,15)13-8-5-11(10-13)3-6-12-7-4-11;/h12H,2-10H2,1H3;1H. The molecule has 2 heterocycles. The van der Waals surface area contributed by atoms with Crippen LogP contribution in [0, 0.1) is 5.41 Å². The minimum absolute atomic E-state index is 0. The van der Waals surface area contributed by atoms with Crippen LogP contribution in [-0.2, 0) is 10.0 Å². The summed E-state index contributed by atoms with van der Waals surface area (Å²) in [7, 11) is -2.97. The Morgan fingerprint density at radius 1 is 1.24 bits per heavy atom. The van der Waals surface area contributed by atoms with Crippen molar-refractivity contribution in [3.8, 4) is 0 Å². The van der Waals surface area contributed by atoms with E-state index in [4.69, 9.17) is 0 Å². The Kier molecular flexibility index (Phi) is 5.25. The molecule has 1 spiro atoms. The number of hydrogen-bond donors (Lipinski definition) is 1. The lowest BCUT2D eigenvalue weighted by atomic mass is 9.78. The summed E-state index contributed by atoms with van der Waals surface area (Å²) in [5.74, 6) is 0.307. The lowest BCUT2D eigenvalue weighted by Gasteiger charge is -2.33. The monoisotopic (exact) mass is 282 g/mol. The molecule has 0 aliphatic carbocycles. The Labute approximate surface area is 111 Å². The van der Waals surface area contributed by atoms with Gasteiger partial charge in [0.1, 0.15) is 0 Å². The predicted molar refractivity (Wildman–Crippen MR) is 72.1 cm³/mol. The normalized spacial score (nSPS) is 24.8. The molecule has 0 amide bonds. The first-order valence-electron chi connectivity index (χ1n) is 6.27. The first kappa shape index (κ1) is 15.2. The second kappa shape index (κ2) is 5.87. The van der Waals surface area contributed by atoms with Crippen molar-refractivity contribution in [3.63, 3.8) is 0 Å². The second-order valence-corrected chi connectivity index (χ2v) is 7.24. The van der Waals surface area contributed by atoms with Gasteiger partial charge < -0.3 is 5.32 Å². The highest BCUT2D eigenvalue weighted by Gasteiger charge is 2.42. The highest BCUT2D eigenvalue weighted by Crippen LogP contribution is 2.39. The fourth-order valence-electron chi connectivity index (χ4n) is 2.88. The zero-order chi connectivity index (χ0) is 11.6. The van der Waals surface area contributed by atoms with Gasteiger partial charge in [-0.05, 0) is 44.2 Å². The molecule has 2 saturated heterocycles. The maximum absolute atomic E-state index is 12.0. The van der Waals surface area contributed by atoms with E-state index in [-0.39, 0.29) is 17.8 Å². The van der Waals surface area contributed by atoms with Gasteiger partial charge in [-0.25, -0.2) is 12.7 Å². The van der Waals surface area contributed by atoms with Crippen molar-refractivity contribution in [2.45, 2.75) is 32.6 Å². The number of rotatable bonds is 3. The largest absolute Gasteiger partial charge is 0.317 e. The van der Waals surface area contributed by atoms with Crippen molar-refractivity contribution >= 4 is 22.4 Å². The summed E-state index contributed by atoms with van der Waals surface area (Å²) in [5.41, 5.74) is 0.284. The lowest BCUT2D eigenvalue weighted by molar-refractivity contribution is 0.218. The molecule has 6 heteroatoms. The highest BCUT2D eigenvalue weighted by atomic mass is 35.5. The summed E-state index contributed by atoms with van der Waals surface area (Å²) in [6, 6.07) is 0. The van der Waals surface area contributed by atoms with Crippen molar-refractivity contribution in [2.24, 2.45) is 5.41 Å². The molecule has 2 fully saturated rings. The molecule has 1 N–H and O–H groups in total. The average Bonchev–Trinajstić information content (AvgIpc) is 2.64. The van der Waals surface area contributed by atoms with Gasteiger partial charge in [-0.2, -0.15) is 0 Å². The number of halogens is 1. The van der Waals surface area contributed by atoms with E-state index in [1.54, 1.807) is 4.31 Å².